The second-order valence-corrected chi connectivity index (χ2v) is 4.33. The highest BCUT2D eigenvalue weighted by Gasteiger charge is 2.11. The van der Waals surface area contributed by atoms with Gasteiger partial charge in [0.25, 0.3) is 0 Å². The molecule has 1 rings (SSSR count). The molecule has 0 saturated carbocycles. The van der Waals surface area contributed by atoms with Crippen molar-refractivity contribution in [2.45, 2.75) is 39.5 Å². The summed E-state index contributed by atoms with van der Waals surface area (Å²) in [4.78, 5) is 22.3. The van der Waals surface area contributed by atoms with Gasteiger partial charge in [-0.1, -0.05) is 51.0 Å². The zero-order valence-corrected chi connectivity index (χ0v) is 11.1. The molecule has 0 amide bonds. The Hall–Kier alpha value is -1.70. The van der Waals surface area contributed by atoms with E-state index in [0.717, 1.165) is 55.0 Å². The van der Waals surface area contributed by atoms with Crippen molar-refractivity contribution in [3.05, 3.63) is 41.0 Å². The molecular formula is C16H20O2. The van der Waals surface area contributed by atoms with Crippen LogP contribution in [0, 0.1) is 0 Å². The fraction of sp³-hybridized carbons (Fsp3) is 0.375. The fourth-order valence-electron chi connectivity index (χ4n) is 2.14. The van der Waals surface area contributed by atoms with Crippen LogP contribution in [0.1, 0.15) is 55.5 Å². The molecule has 0 fully saturated rings. The third kappa shape index (κ3) is 3.39. The lowest BCUT2D eigenvalue weighted by atomic mass is 9.91. The first-order chi connectivity index (χ1) is 8.78. The number of rotatable bonds is 7. The van der Waals surface area contributed by atoms with Gasteiger partial charge >= 0.3 is 0 Å². The normalized spacial score (nSPS) is 11.9. The molecule has 0 aliphatic rings. The van der Waals surface area contributed by atoms with Crippen molar-refractivity contribution in [2.75, 3.05) is 0 Å². The van der Waals surface area contributed by atoms with Gasteiger partial charge in [0.2, 0.25) is 0 Å². The molecule has 96 valence electrons. The standard InChI is InChI=1S/C16H20O2/c1-3-7-13(11-17)15(8-4-2)16-10-6-5-9-14(16)12-18/h5-6,9-12H,3-4,7-8H2,1-2H3/b15-13-. The van der Waals surface area contributed by atoms with E-state index < -0.39 is 0 Å². The van der Waals surface area contributed by atoms with Gasteiger partial charge in [0.15, 0.2) is 6.29 Å². The van der Waals surface area contributed by atoms with Crippen LogP contribution in [-0.2, 0) is 4.79 Å². The molecule has 0 unspecified atom stereocenters. The Morgan fingerprint density at radius 3 is 2.28 bits per heavy atom. The number of carbonyl (C=O) groups is 2. The van der Waals surface area contributed by atoms with Crippen molar-refractivity contribution < 1.29 is 9.59 Å². The molecule has 0 heterocycles. The van der Waals surface area contributed by atoms with E-state index in [-0.39, 0.29) is 0 Å². The molecule has 0 aliphatic carbocycles. The first-order valence-corrected chi connectivity index (χ1v) is 6.50. The molecular weight excluding hydrogens is 224 g/mol. The van der Waals surface area contributed by atoms with Crippen LogP contribution in [0.5, 0.6) is 0 Å². The summed E-state index contributed by atoms with van der Waals surface area (Å²) in [6.07, 6.45) is 5.30. The van der Waals surface area contributed by atoms with E-state index in [2.05, 4.69) is 13.8 Å². The Balaban J connectivity index is 3.34. The van der Waals surface area contributed by atoms with Crippen LogP contribution in [0.25, 0.3) is 5.57 Å². The summed E-state index contributed by atoms with van der Waals surface area (Å²) in [5.41, 5.74) is 3.42. The number of hydrogen-bond donors (Lipinski definition) is 0. The summed E-state index contributed by atoms with van der Waals surface area (Å²) in [5.74, 6) is 0. The van der Waals surface area contributed by atoms with Crippen molar-refractivity contribution in [3.63, 3.8) is 0 Å². The SMILES string of the molecule is CCC/C(C=O)=C(\CCC)c1ccccc1C=O. The summed E-state index contributed by atoms with van der Waals surface area (Å²) < 4.78 is 0. The first kappa shape index (κ1) is 14.4. The zero-order chi connectivity index (χ0) is 13.4. The van der Waals surface area contributed by atoms with Gasteiger partial charge in [-0.25, -0.2) is 0 Å². The smallest absolute Gasteiger partial charge is 0.150 e. The monoisotopic (exact) mass is 244 g/mol. The van der Waals surface area contributed by atoms with Gasteiger partial charge in [-0.15, -0.1) is 0 Å². The Morgan fingerprint density at radius 2 is 1.72 bits per heavy atom. The molecule has 1 aromatic rings. The van der Waals surface area contributed by atoms with Crippen LogP contribution in [0.4, 0.5) is 0 Å². The first-order valence-electron chi connectivity index (χ1n) is 6.50. The van der Waals surface area contributed by atoms with Crippen LogP contribution in [0.3, 0.4) is 0 Å². The van der Waals surface area contributed by atoms with Crippen LogP contribution in [0.15, 0.2) is 29.8 Å². The zero-order valence-electron chi connectivity index (χ0n) is 11.1. The second kappa shape index (κ2) is 7.59. The van der Waals surface area contributed by atoms with E-state index in [0.29, 0.717) is 5.56 Å². The van der Waals surface area contributed by atoms with E-state index in [1.807, 2.05) is 18.2 Å². The third-order valence-electron chi connectivity index (χ3n) is 2.96. The van der Waals surface area contributed by atoms with Crippen molar-refractivity contribution >= 4 is 18.1 Å². The maximum absolute atomic E-state index is 11.2. The fourth-order valence-corrected chi connectivity index (χ4v) is 2.14. The molecule has 18 heavy (non-hydrogen) atoms. The van der Waals surface area contributed by atoms with Gasteiger partial charge in [-0.3, -0.25) is 9.59 Å². The topological polar surface area (TPSA) is 34.1 Å². The van der Waals surface area contributed by atoms with E-state index in [1.54, 1.807) is 6.07 Å². The average molecular weight is 244 g/mol. The molecule has 0 N–H and O–H groups in total. The van der Waals surface area contributed by atoms with Gasteiger partial charge in [-0.05, 0) is 29.6 Å². The molecule has 0 spiro atoms. The molecule has 1 aromatic carbocycles. The summed E-state index contributed by atoms with van der Waals surface area (Å²) >= 11 is 0. The maximum atomic E-state index is 11.2. The Morgan fingerprint density at radius 1 is 1.06 bits per heavy atom. The highest BCUT2D eigenvalue weighted by molar-refractivity contribution is 5.93. The van der Waals surface area contributed by atoms with Gasteiger partial charge in [0.1, 0.15) is 6.29 Å². The molecule has 0 atom stereocenters. The van der Waals surface area contributed by atoms with Crippen LogP contribution in [0.2, 0.25) is 0 Å². The second-order valence-electron chi connectivity index (χ2n) is 4.33. The van der Waals surface area contributed by atoms with Crippen molar-refractivity contribution in [2.24, 2.45) is 0 Å². The molecule has 0 aliphatic heterocycles. The molecule has 2 nitrogen and oxygen atoms in total. The van der Waals surface area contributed by atoms with Crippen LogP contribution in [-0.4, -0.2) is 12.6 Å². The van der Waals surface area contributed by atoms with Crippen molar-refractivity contribution in [1.82, 2.24) is 0 Å². The maximum Gasteiger partial charge on any atom is 0.150 e. The summed E-state index contributed by atoms with van der Waals surface area (Å²) in [6.45, 7) is 4.14. The molecule has 2 heteroatoms. The summed E-state index contributed by atoms with van der Waals surface area (Å²) in [7, 11) is 0. The number of carbonyl (C=O) groups excluding carboxylic acids is 2. The highest BCUT2D eigenvalue weighted by atomic mass is 16.1. The summed E-state index contributed by atoms with van der Waals surface area (Å²) in [5, 5.41) is 0. The number of aldehydes is 2. The van der Waals surface area contributed by atoms with E-state index >= 15 is 0 Å². The molecule has 0 saturated heterocycles. The quantitative estimate of drug-likeness (QED) is 0.535. The minimum Gasteiger partial charge on any atom is -0.298 e. The largest absolute Gasteiger partial charge is 0.298 e. The van der Waals surface area contributed by atoms with Crippen LogP contribution < -0.4 is 0 Å². The van der Waals surface area contributed by atoms with Gasteiger partial charge < -0.3 is 0 Å². The lowest BCUT2D eigenvalue weighted by Crippen LogP contribution is -1.98. The molecule has 0 bridgehead atoms. The lowest BCUT2D eigenvalue weighted by molar-refractivity contribution is -0.105. The minimum absolute atomic E-state index is 0.663. The minimum atomic E-state index is 0.663. The molecule has 0 radical (unpaired) electrons. The Kier molecular flexibility index (Phi) is 6.06. The number of allylic oxidation sites excluding steroid dienone is 2. The number of hydrogen-bond acceptors (Lipinski definition) is 2. The predicted molar refractivity (Wildman–Crippen MR) is 74.6 cm³/mol. The lowest BCUT2D eigenvalue weighted by Gasteiger charge is -2.12. The van der Waals surface area contributed by atoms with E-state index in [1.165, 1.54) is 0 Å². The Labute approximate surface area is 109 Å². The predicted octanol–water partition coefficient (Wildman–Crippen LogP) is 4.05. The van der Waals surface area contributed by atoms with Gasteiger partial charge in [0.05, 0.1) is 0 Å². The van der Waals surface area contributed by atoms with Crippen molar-refractivity contribution in [3.8, 4) is 0 Å². The van der Waals surface area contributed by atoms with E-state index in [9.17, 15) is 9.59 Å². The highest BCUT2D eigenvalue weighted by Crippen LogP contribution is 2.27. The number of benzene rings is 1. The van der Waals surface area contributed by atoms with E-state index in [4.69, 9.17) is 0 Å². The average Bonchev–Trinajstić information content (AvgIpc) is 2.42. The summed E-state index contributed by atoms with van der Waals surface area (Å²) in [6, 6.07) is 7.48. The van der Waals surface area contributed by atoms with Gasteiger partial charge in [0, 0.05) is 5.56 Å². The Bertz CT molecular complexity index is 444. The van der Waals surface area contributed by atoms with Gasteiger partial charge in [-0.2, -0.15) is 0 Å². The third-order valence-corrected chi connectivity index (χ3v) is 2.96. The molecule has 0 aromatic heterocycles. The van der Waals surface area contributed by atoms with Crippen LogP contribution >= 0.6 is 0 Å². The van der Waals surface area contributed by atoms with Crippen molar-refractivity contribution in [1.29, 1.82) is 0 Å².